The molecule has 20 heavy (non-hydrogen) atoms. The van der Waals surface area contributed by atoms with Crippen molar-refractivity contribution in [2.24, 2.45) is 0 Å². The molecule has 1 heterocycles. The first-order valence-electron chi connectivity index (χ1n) is 5.74. The van der Waals surface area contributed by atoms with E-state index in [0.717, 1.165) is 6.07 Å². The van der Waals surface area contributed by atoms with Crippen molar-refractivity contribution >= 4 is 33.0 Å². The minimum Gasteiger partial charge on any atom is -0.348 e. The average molecular weight is 319 g/mol. The summed E-state index contributed by atoms with van der Waals surface area (Å²) in [6.45, 7) is 0. The highest BCUT2D eigenvalue weighted by molar-refractivity contribution is 7.91. The predicted octanol–water partition coefficient (Wildman–Crippen LogP) is 1.17. The third-order valence-electron chi connectivity index (χ3n) is 2.97. The quantitative estimate of drug-likeness (QED) is 0.665. The Kier molecular flexibility index (Phi) is 3.96. The number of amides is 1. The molecule has 0 bridgehead atoms. The topological polar surface area (TPSA) is 106 Å². The fourth-order valence-electron chi connectivity index (χ4n) is 1.97. The largest absolute Gasteiger partial charge is 0.348 e. The van der Waals surface area contributed by atoms with Crippen molar-refractivity contribution in [3.8, 4) is 0 Å². The zero-order chi connectivity index (χ0) is 14.9. The summed E-state index contributed by atoms with van der Waals surface area (Å²) in [5, 5.41) is 13.2. The van der Waals surface area contributed by atoms with E-state index in [1.165, 1.54) is 12.1 Å². The average Bonchev–Trinajstić information content (AvgIpc) is 2.68. The summed E-state index contributed by atoms with van der Waals surface area (Å²) in [7, 11) is -3.10. The van der Waals surface area contributed by atoms with E-state index in [1.807, 2.05) is 0 Å². The lowest BCUT2D eigenvalue weighted by Gasteiger charge is -2.10. The van der Waals surface area contributed by atoms with Gasteiger partial charge in [-0.1, -0.05) is 11.6 Å². The zero-order valence-electron chi connectivity index (χ0n) is 10.2. The molecule has 0 saturated carbocycles. The first kappa shape index (κ1) is 14.7. The SMILES string of the molecule is O=C(NC1CCS(=O)(=O)C1)c1ccc(Cl)c([N+](=O)[O-])c1. The van der Waals surface area contributed by atoms with E-state index in [4.69, 9.17) is 11.6 Å². The van der Waals surface area contributed by atoms with Crippen LogP contribution in [0.1, 0.15) is 16.8 Å². The molecule has 1 fully saturated rings. The minimum atomic E-state index is -3.10. The maximum atomic E-state index is 11.9. The van der Waals surface area contributed by atoms with E-state index in [1.54, 1.807) is 0 Å². The standard InChI is InChI=1S/C11H11ClN2O5S/c12-9-2-1-7(5-10(9)14(16)17)11(15)13-8-3-4-20(18,19)6-8/h1-2,5,8H,3-4,6H2,(H,13,15). The summed E-state index contributed by atoms with van der Waals surface area (Å²) >= 11 is 5.65. The van der Waals surface area contributed by atoms with Gasteiger partial charge in [0.25, 0.3) is 11.6 Å². The molecule has 0 radical (unpaired) electrons. The van der Waals surface area contributed by atoms with Crippen LogP contribution in [-0.2, 0) is 9.84 Å². The van der Waals surface area contributed by atoms with Crippen molar-refractivity contribution in [3.05, 3.63) is 38.9 Å². The number of carbonyl (C=O) groups is 1. The monoisotopic (exact) mass is 318 g/mol. The number of nitro benzene ring substituents is 1. The summed E-state index contributed by atoms with van der Waals surface area (Å²) < 4.78 is 22.6. The van der Waals surface area contributed by atoms with Gasteiger partial charge < -0.3 is 5.32 Å². The number of nitrogens with zero attached hydrogens (tertiary/aromatic N) is 1. The van der Waals surface area contributed by atoms with Gasteiger partial charge in [0.1, 0.15) is 5.02 Å². The summed E-state index contributed by atoms with van der Waals surface area (Å²) in [6, 6.07) is 3.23. The summed E-state index contributed by atoms with van der Waals surface area (Å²) in [5.41, 5.74) is -0.288. The van der Waals surface area contributed by atoms with Gasteiger partial charge >= 0.3 is 0 Å². The smallest absolute Gasteiger partial charge is 0.288 e. The van der Waals surface area contributed by atoms with Crippen LogP contribution in [0, 0.1) is 10.1 Å². The van der Waals surface area contributed by atoms with Crippen molar-refractivity contribution in [1.29, 1.82) is 0 Å². The summed E-state index contributed by atoms with van der Waals surface area (Å²) in [5.74, 6) is -0.612. The lowest BCUT2D eigenvalue weighted by Crippen LogP contribution is -2.35. The molecular weight excluding hydrogens is 308 g/mol. The molecule has 1 aliphatic heterocycles. The number of rotatable bonds is 3. The Balaban J connectivity index is 2.14. The highest BCUT2D eigenvalue weighted by atomic mass is 35.5. The van der Waals surface area contributed by atoms with Crippen LogP contribution in [0.15, 0.2) is 18.2 Å². The number of sulfone groups is 1. The van der Waals surface area contributed by atoms with Gasteiger partial charge in [-0.2, -0.15) is 0 Å². The Morgan fingerprint density at radius 3 is 2.70 bits per heavy atom. The van der Waals surface area contributed by atoms with Gasteiger partial charge in [-0.05, 0) is 18.6 Å². The fraction of sp³-hybridized carbons (Fsp3) is 0.364. The van der Waals surface area contributed by atoms with Gasteiger partial charge in [0.05, 0.1) is 16.4 Å². The molecule has 1 unspecified atom stereocenters. The predicted molar refractivity (Wildman–Crippen MR) is 72.6 cm³/mol. The normalized spacial score (nSPS) is 20.6. The molecule has 108 valence electrons. The molecule has 2 rings (SSSR count). The van der Waals surface area contributed by atoms with Gasteiger partial charge in [-0.15, -0.1) is 0 Å². The number of hydrogen-bond donors (Lipinski definition) is 1. The van der Waals surface area contributed by atoms with E-state index in [2.05, 4.69) is 5.32 Å². The second-order valence-corrected chi connectivity index (χ2v) is 7.13. The molecule has 1 amide bonds. The van der Waals surface area contributed by atoms with Crippen LogP contribution in [0.3, 0.4) is 0 Å². The van der Waals surface area contributed by atoms with Gasteiger partial charge in [0.2, 0.25) is 0 Å². The molecule has 1 aromatic carbocycles. The molecular formula is C11H11ClN2O5S. The Labute approximate surface area is 120 Å². The van der Waals surface area contributed by atoms with E-state index in [9.17, 15) is 23.3 Å². The maximum absolute atomic E-state index is 11.9. The van der Waals surface area contributed by atoms with Gasteiger partial charge in [0, 0.05) is 17.7 Å². The summed E-state index contributed by atoms with van der Waals surface area (Å²) in [4.78, 5) is 22.0. The molecule has 7 nitrogen and oxygen atoms in total. The molecule has 0 aromatic heterocycles. The second kappa shape index (κ2) is 5.37. The minimum absolute atomic E-state index is 0.0404. The van der Waals surface area contributed by atoms with Crippen molar-refractivity contribution in [2.75, 3.05) is 11.5 Å². The Hall–Kier alpha value is -1.67. The molecule has 1 aromatic rings. The molecule has 1 saturated heterocycles. The number of nitrogens with one attached hydrogen (secondary N) is 1. The number of hydrogen-bond acceptors (Lipinski definition) is 5. The Morgan fingerprint density at radius 2 is 2.15 bits per heavy atom. The highest BCUT2D eigenvalue weighted by Crippen LogP contribution is 2.25. The molecule has 0 spiro atoms. The van der Waals surface area contributed by atoms with Crippen LogP contribution in [-0.4, -0.2) is 36.8 Å². The third-order valence-corrected chi connectivity index (χ3v) is 5.06. The summed E-state index contributed by atoms with van der Waals surface area (Å²) in [6.07, 6.45) is 0.351. The molecule has 1 atom stereocenters. The van der Waals surface area contributed by atoms with Crippen LogP contribution in [0.5, 0.6) is 0 Å². The first-order valence-corrected chi connectivity index (χ1v) is 7.94. The fourth-order valence-corrected chi connectivity index (χ4v) is 3.83. The van der Waals surface area contributed by atoms with Gasteiger partial charge in [-0.3, -0.25) is 14.9 Å². The molecule has 1 aliphatic rings. The molecule has 1 N–H and O–H groups in total. The van der Waals surface area contributed by atoms with Gasteiger partial charge in [-0.25, -0.2) is 8.42 Å². The third kappa shape index (κ3) is 3.26. The zero-order valence-corrected chi connectivity index (χ0v) is 11.8. The number of nitro groups is 1. The number of halogens is 1. The molecule has 0 aliphatic carbocycles. The first-order chi connectivity index (χ1) is 9.28. The van der Waals surface area contributed by atoms with Crippen molar-refractivity contribution in [3.63, 3.8) is 0 Å². The van der Waals surface area contributed by atoms with Crippen LogP contribution in [0.25, 0.3) is 0 Å². The van der Waals surface area contributed by atoms with Crippen molar-refractivity contribution in [2.45, 2.75) is 12.5 Å². The Morgan fingerprint density at radius 1 is 1.45 bits per heavy atom. The maximum Gasteiger partial charge on any atom is 0.288 e. The lowest BCUT2D eigenvalue weighted by molar-refractivity contribution is -0.384. The number of carbonyl (C=O) groups excluding carboxylic acids is 1. The van der Waals surface area contributed by atoms with Crippen LogP contribution >= 0.6 is 11.6 Å². The van der Waals surface area contributed by atoms with Crippen molar-refractivity contribution < 1.29 is 18.1 Å². The van der Waals surface area contributed by atoms with E-state index in [0.29, 0.717) is 6.42 Å². The van der Waals surface area contributed by atoms with E-state index in [-0.39, 0.29) is 27.8 Å². The van der Waals surface area contributed by atoms with Gasteiger partial charge in [0.15, 0.2) is 9.84 Å². The van der Waals surface area contributed by atoms with Crippen LogP contribution < -0.4 is 5.32 Å². The van der Waals surface area contributed by atoms with Crippen molar-refractivity contribution in [1.82, 2.24) is 5.32 Å². The lowest BCUT2D eigenvalue weighted by atomic mass is 10.1. The van der Waals surface area contributed by atoms with E-state index >= 15 is 0 Å². The molecule has 9 heteroatoms. The van der Waals surface area contributed by atoms with E-state index < -0.39 is 26.7 Å². The number of benzene rings is 1. The second-order valence-electron chi connectivity index (χ2n) is 4.50. The van der Waals surface area contributed by atoms with Crippen LogP contribution in [0.2, 0.25) is 5.02 Å². The Bertz CT molecular complexity index is 673. The van der Waals surface area contributed by atoms with Crippen LogP contribution in [0.4, 0.5) is 5.69 Å². The highest BCUT2D eigenvalue weighted by Gasteiger charge is 2.29.